The molecule has 1 amide bonds. The lowest BCUT2D eigenvalue weighted by Gasteiger charge is -2.24. The third-order valence-electron chi connectivity index (χ3n) is 6.13. The molecule has 1 aliphatic rings. The van der Waals surface area contributed by atoms with Crippen molar-refractivity contribution in [1.82, 2.24) is 19.4 Å². The molecule has 0 radical (unpaired) electrons. The fourth-order valence-electron chi connectivity index (χ4n) is 4.57. The number of hydrogen-bond acceptors (Lipinski definition) is 3. The minimum absolute atomic E-state index is 0.0905. The summed E-state index contributed by atoms with van der Waals surface area (Å²) in [6, 6.07) is 12.3. The molecule has 0 N–H and O–H groups in total. The van der Waals surface area contributed by atoms with Crippen LogP contribution in [0.2, 0.25) is 0 Å². The number of pyridine rings is 1. The Labute approximate surface area is 179 Å². The number of unbranched alkanes of at least 4 members (excludes halogenated alkanes) is 2. The molecule has 1 saturated carbocycles. The summed E-state index contributed by atoms with van der Waals surface area (Å²) in [6.07, 6.45) is 9.94. The molecule has 1 aromatic carbocycles. The van der Waals surface area contributed by atoms with Crippen molar-refractivity contribution in [3.05, 3.63) is 59.5 Å². The molecular formula is C25H32N4O. The lowest BCUT2D eigenvalue weighted by Crippen LogP contribution is -2.33. The first-order valence-corrected chi connectivity index (χ1v) is 11.3. The zero-order valence-corrected chi connectivity index (χ0v) is 18.2. The van der Waals surface area contributed by atoms with Crippen LogP contribution in [0.3, 0.4) is 0 Å². The highest BCUT2D eigenvalue weighted by atomic mass is 16.2. The van der Waals surface area contributed by atoms with E-state index in [0.29, 0.717) is 12.6 Å². The highest BCUT2D eigenvalue weighted by Crippen LogP contribution is 2.33. The Morgan fingerprint density at radius 2 is 2.00 bits per heavy atom. The van der Waals surface area contributed by atoms with Gasteiger partial charge in [0.05, 0.1) is 6.54 Å². The van der Waals surface area contributed by atoms with E-state index in [-0.39, 0.29) is 5.91 Å². The monoisotopic (exact) mass is 404 g/mol. The molecule has 0 unspecified atom stereocenters. The number of carbonyl (C=O) groups excluding carboxylic acids is 1. The van der Waals surface area contributed by atoms with E-state index < -0.39 is 0 Å². The Morgan fingerprint density at radius 1 is 1.17 bits per heavy atom. The van der Waals surface area contributed by atoms with Crippen molar-refractivity contribution < 1.29 is 4.79 Å². The molecule has 30 heavy (non-hydrogen) atoms. The van der Waals surface area contributed by atoms with Crippen LogP contribution < -0.4 is 0 Å². The molecule has 0 spiro atoms. The Morgan fingerprint density at radius 3 is 2.77 bits per heavy atom. The van der Waals surface area contributed by atoms with Gasteiger partial charge < -0.3 is 9.47 Å². The molecule has 1 fully saturated rings. The van der Waals surface area contributed by atoms with Gasteiger partial charge in [-0.25, -0.2) is 9.97 Å². The molecule has 3 aromatic rings. The molecule has 1 aliphatic carbocycles. The van der Waals surface area contributed by atoms with Crippen LogP contribution in [0, 0.1) is 6.92 Å². The maximum Gasteiger partial charge on any atom is 0.254 e. The Hall–Kier alpha value is -2.69. The van der Waals surface area contributed by atoms with E-state index >= 15 is 0 Å². The van der Waals surface area contributed by atoms with E-state index in [1.807, 2.05) is 54.4 Å². The number of imidazole rings is 1. The van der Waals surface area contributed by atoms with Crippen LogP contribution in [0.4, 0.5) is 0 Å². The van der Waals surface area contributed by atoms with E-state index in [9.17, 15) is 4.79 Å². The molecule has 5 heteroatoms. The van der Waals surface area contributed by atoms with Gasteiger partial charge >= 0.3 is 0 Å². The van der Waals surface area contributed by atoms with Gasteiger partial charge in [0.15, 0.2) is 5.65 Å². The lowest BCUT2D eigenvalue weighted by molar-refractivity contribution is 0.0733. The first-order valence-electron chi connectivity index (χ1n) is 11.3. The molecule has 0 saturated heterocycles. The zero-order valence-electron chi connectivity index (χ0n) is 18.2. The smallest absolute Gasteiger partial charge is 0.254 e. The summed E-state index contributed by atoms with van der Waals surface area (Å²) in [5.74, 6) is 1.06. The first kappa shape index (κ1) is 20.6. The van der Waals surface area contributed by atoms with E-state index in [0.717, 1.165) is 66.8 Å². The normalized spacial score (nSPS) is 14.5. The predicted molar refractivity (Wildman–Crippen MR) is 120 cm³/mol. The van der Waals surface area contributed by atoms with Gasteiger partial charge in [0.2, 0.25) is 0 Å². The molecule has 158 valence electrons. The average molecular weight is 405 g/mol. The van der Waals surface area contributed by atoms with E-state index in [1.165, 1.54) is 12.8 Å². The van der Waals surface area contributed by atoms with Crippen LogP contribution in [0.15, 0.2) is 42.6 Å². The second-order valence-corrected chi connectivity index (χ2v) is 8.49. The summed E-state index contributed by atoms with van der Waals surface area (Å²) in [4.78, 5) is 25.0. The van der Waals surface area contributed by atoms with Crippen LogP contribution in [0.25, 0.3) is 11.2 Å². The van der Waals surface area contributed by atoms with Gasteiger partial charge in [-0.1, -0.05) is 50.3 Å². The summed E-state index contributed by atoms with van der Waals surface area (Å²) in [6.45, 7) is 5.51. The van der Waals surface area contributed by atoms with Crippen molar-refractivity contribution in [3.63, 3.8) is 0 Å². The summed E-state index contributed by atoms with van der Waals surface area (Å²) < 4.78 is 2.32. The van der Waals surface area contributed by atoms with Gasteiger partial charge in [-0.2, -0.15) is 0 Å². The van der Waals surface area contributed by atoms with Gasteiger partial charge in [0.25, 0.3) is 5.91 Å². The number of aromatic nitrogens is 3. The quantitative estimate of drug-likeness (QED) is 0.453. The van der Waals surface area contributed by atoms with Gasteiger partial charge in [0.1, 0.15) is 11.3 Å². The number of fused-ring (bicyclic) bond motifs is 1. The SMILES string of the molecule is CCCCCN(Cc1nc2cccnc2n1C1CCCC1)C(=O)c1cccc(C)c1. The number of rotatable bonds is 8. The van der Waals surface area contributed by atoms with Crippen molar-refractivity contribution in [2.24, 2.45) is 0 Å². The van der Waals surface area contributed by atoms with Crippen molar-refractivity contribution in [2.45, 2.75) is 71.4 Å². The maximum absolute atomic E-state index is 13.4. The summed E-state index contributed by atoms with van der Waals surface area (Å²) in [7, 11) is 0. The maximum atomic E-state index is 13.4. The van der Waals surface area contributed by atoms with Gasteiger partial charge in [-0.15, -0.1) is 0 Å². The highest BCUT2D eigenvalue weighted by molar-refractivity contribution is 5.94. The summed E-state index contributed by atoms with van der Waals surface area (Å²) in [5, 5.41) is 0. The molecule has 5 nitrogen and oxygen atoms in total. The van der Waals surface area contributed by atoms with Crippen LogP contribution in [-0.2, 0) is 6.54 Å². The predicted octanol–water partition coefficient (Wildman–Crippen LogP) is 5.69. The standard InChI is InChI=1S/C25H32N4O/c1-3-4-7-16-28(25(30)20-11-8-10-19(2)17-20)18-23-27-22-14-9-15-26-24(22)29(23)21-12-5-6-13-21/h8-11,14-15,17,21H,3-7,12-13,16,18H2,1-2H3. The fraction of sp³-hybridized carbons (Fsp3) is 0.480. The molecule has 2 aromatic heterocycles. The molecule has 0 atom stereocenters. The topological polar surface area (TPSA) is 51.0 Å². The molecule has 2 heterocycles. The Bertz CT molecular complexity index is 1000. The number of amides is 1. The first-order chi connectivity index (χ1) is 14.7. The Kier molecular flexibility index (Phi) is 6.46. The number of benzene rings is 1. The van der Waals surface area contributed by atoms with Crippen molar-refractivity contribution in [3.8, 4) is 0 Å². The lowest BCUT2D eigenvalue weighted by atomic mass is 10.1. The van der Waals surface area contributed by atoms with Crippen LogP contribution >= 0.6 is 0 Å². The average Bonchev–Trinajstić information content (AvgIpc) is 3.39. The van der Waals surface area contributed by atoms with Crippen molar-refractivity contribution in [2.75, 3.05) is 6.54 Å². The van der Waals surface area contributed by atoms with Crippen molar-refractivity contribution in [1.29, 1.82) is 0 Å². The number of nitrogens with zero attached hydrogens (tertiary/aromatic N) is 4. The van der Waals surface area contributed by atoms with Gasteiger partial charge in [-0.05, 0) is 50.5 Å². The third-order valence-corrected chi connectivity index (χ3v) is 6.13. The molecule has 0 bridgehead atoms. The second-order valence-electron chi connectivity index (χ2n) is 8.49. The van der Waals surface area contributed by atoms with Crippen molar-refractivity contribution >= 4 is 17.1 Å². The summed E-state index contributed by atoms with van der Waals surface area (Å²) in [5.41, 5.74) is 3.75. The molecular weight excluding hydrogens is 372 g/mol. The number of hydrogen-bond donors (Lipinski definition) is 0. The Balaban J connectivity index is 1.67. The number of carbonyl (C=O) groups is 1. The zero-order chi connectivity index (χ0) is 20.9. The second kappa shape index (κ2) is 9.41. The van der Waals surface area contributed by atoms with E-state index in [1.54, 1.807) is 0 Å². The van der Waals surface area contributed by atoms with Gasteiger partial charge in [0, 0.05) is 24.3 Å². The number of aryl methyl sites for hydroxylation is 1. The summed E-state index contributed by atoms with van der Waals surface area (Å²) >= 11 is 0. The minimum atomic E-state index is 0.0905. The van der Waals surface area contributed by atoms with Crippen LogP contribution in [0.1, 0.15) is 79.7 Å². The molecule has 4 rings (SSSR count). The van der Waals surface area contributed by atoms with Gasteiger partial charge in [-0.3, -0.25) is 4.79 Å². The minimum Gasteiger partial charge on any atom is -0.331 e. The van der Waals surface area contributed by atoms with E-state index in [2.05, 4.69) is 16.5 Å². The van der Waals surface area contributed by atoms with Crippen LogP contribution in [0.5, 0.6) is 0 Å². The van der Waals surface area contributed by atoms with E-state index in [4.69, 9.17) is 4.98 Å². The third kappa shape index (κ3) is 4.40. The molecule has 0 aliphatic heterocycles. The van der Waals surface area contributed by atoms with Crippen LogP contribution in [-0.4, -0.2) is 31.9 Å². The fourth-order valence-corrected chi connectivity index (χ4v) is 4.57. The largest absolute Gasteiger partial charge is 0.331 e. The highest BCUT2D eigenvalue weighted by Gasteiger charge is 2.26.